The van der Waals surface area contributed by atoms with Crippen molar-refractivity contribution in [1.29, 1.82) is 0 Å². The summed E-state index contributed by atoms with van der Waals surface area (Å²) < 4.78 is 0. The van der Waals surface area contributed by atoms with Crippen molar-refractivity contribution < 1.29 is 0 Å². The fraction of sp³-hybridized carbons (Fsp3) is 0.667. The molecule has 1 aromatic rings. The number of rotatable bonds is 4. The van der Waals surface area contributed by atoms with Crippen LogP contribution in [0.15, 0.2) is 17.5 Å². The van der Waals surface area contributed by atoms with Crippen LogP contribution in [0.1, 0.15) is 17.7 Å². The van der Waals surface area contributed by atoms with Gasteiger partial charge in [-0.2, -0.15) is 0 Å². The molecule has 0 radical (unpaired) electrons. The summed E-state index contributed by atoms with van der Waals surface area (Å²) in [5.74, 6) is 0. The highest BCUT2D eigenvalue weighted by Gasteiger charge is 2.17. The van der Waals surface area contributed by atoms with Crippen molar-refractivity contribution in [3.8, 4) is 0 Å². The van der Waals surface area contributed by atoms with Gasteiger partial charge >= 0.3 is 0 Å². The molecule has 3 heteroatoms. The van der Waals surface area contributed by atoms with Gasteiger partial charge in [-0.25, -0.2) is 0 Å². The van der Waals surface area contributed by atoms with Crippen LogP contribution in [0, 0.1) is 0 Å². The van der Waals surface area contributed by atoms with E-state index in [2.05, 4.69) is 34.8 Å². The van der Waals surface area contributed by atoms with Crippen molar-refractivity contribution in [2.45, 2.75) is 25.3 Å². The molecule has 84 valence electrons. The third-order valence-corrected chi connectivity index (χ3v) is 4.16. The normalized spacial score (nSPS) is 18.5. The number of thiophene rings is 1. The van der Waals surface area contributed by atoms with Crippen LogP contribution in [-0.2, 0) is 6.42 Å². The molecule has 2 rings (SSSR count). The van der Waals surface area contributed by atoms with E-state index in [9.17, 15) is 0 Å². The van der Waals surface area contributed by atoms with E-state index in [4.69, 9.17) is 0 Å². The molecule has 0 unspecified atom stereocenters. The standard InChI is InChI=1S/C12H20N2S/c1-14(11-4-7-13-8-5-11)9-6-12-3-2-10-15-12/h2-3,10-11,13H,4-9H2,1H3. The fourth-order valence-electron chi connectivity index (χ4n) is 2.17. The van der Waals surface area contributed by atoms with Crippen LogP contribution >= 0.6 is 11.3 Å². The van der Waals surface area contributed by atoms with E-state index in [1.165, 1.54) is 43.8 Å². The first kappa shape index (κ1) is 11.1. The van der Waals surface area contributed by atoms with E-state index in [1.54, 1.807) is 0 Å². The van der Waals surface area contributed by atoms with Gasteiger partial charge in [0.05, 0.1) is 0 Å². The van der Waals surface area contributed by atoms with Gasteiger partial charge < -0.3 is 10.2 Å². The number of hydrogen-bond acceptors (Lipinski definition) is 3. The van der Waals surface area contributed by atoms with Crippen molar-refractivity contribution in [1.82, 2.24) is 10.2 Å². The van der Waals surface area contributed by atoms with E-state index in [-0.39, 0.29) is 0 Å². The van der Waals surface area contributed by atoms with Gasteiger partial charge in [0.2, 0.25) is 0 Å². The molecule has 15 heavy (non-hydrogen) atoms. The van der Waals surface area contributed by atoms with Crippen LogP contribution in [0.25, 0.3) is 0 Å². The van der Waals surface area contributed by atoms with Crippen LogP contribution in [-0.4, -0.2) is 37.6 Å². The topological polar surface area (TPSA) is 15.3 Å². The first-order valence-electron chi connectivity index (χ1n) is 5.79. The lowest BCUT2D eigenvalue weighted by atomic mass is 10.1. The predicted octanol–water partition coefficient (Wildman–Crippen LogP) is 1.97. The van der Waals surface area contributed by atoms with Gasteiger partial charge in [0.25, 0.3) is 0 Å². The zero-order chi connectivity index (χ0) is 10.5. The molecule has 1 aliphatic heterocycles. The number of likely N-dealkylation sites (N-methyl/N-ethyl adjacent to an activating group) is 1. The van der Waals surface area contributed by atoms with Crippen LogP contribution in [0.3, 0.4) is 0 Å². The highest BCUT2D eigenvalue weighted by molar-refractivity contribution is 7.09. The Morgan fingerprint density at radius 3 is 2.93 bits per heavy atom. The van der Waals surface area contributed by atoms with E-state index in [1.807, 2.05) is 11.3 Å². The smallest absolute Gasteiger partial charge is 0.0116 e. The second-order valence-corrected chi connectivity index (χ2v) is 5.32. The van der Waals surface area contributed by atoms with Crippen molar-refractivity contribution in [3.63, 3.8) is 0 Å². The molecule has 0 atom stereocenters. The SMILES string of the molecule is CN(CCc1cccs1)C1CCNCC1. The first-order chi connectivity index (χ1) is 7.36. The lowest BCUT2D eigenvalue weighted by molar-refractivity contribution is 0.201. The second kappa shape index (κ2) is 5.64. The summed E-state index contributed by atoms with van der Waals surface area (Å²) >= 11 is 1.87. The molecular formula is C12H20N2S. The van der Waals surface area contributed by atoms with Gasteiger partial charge in [-0.3, -0.25) is 0 Å². The molecule has 0 spiro atoms. The molecule has 1 saturated heterocycles. The molecule has 2 heterocycles. The van der Waals surface area contributed by atoms with Gasteiger partial charge in [-0.1, -0.05) is 6.07 Å². The summed E-state index contributed by atoms with van der Waals surface area (Å²) in [5.41, 5.74) is 0. The van der Waals surface area contributed by atoms with Crippen molar-refractivity contribution in [2.24, 2.45) is 0 Å². The maximum absolute atomic E-state index is 3.41. The molecule has 1 aromatic heterocycles. The molecule has 0 amide bonds. The summed E-state index contributed by atoms with van der Waals surface area (Å²) in [6.07, 6.45) is 3.82. The van der Waals surface area contributed by atoms with Crippen LogP contribution in [0.2, 0.25) is 0 Å². The Labute approximate surface area is 96.3 Å². The maximum atomic E-state index is 3.41. The lowest BCUT2D eigenvalue weighted by Gasteiger charge is -2.31. The van der Waals surface area contributed by atoms with E-state index < -0.39 is 0 Å². The largest absolute Gasteiger partial charge is 0.317 e. The molecule has 2 nitrogen and oxygen atoms in total. The lowest BCUT2D eigenvalue weighted by Crippen LogP contribution is -2.41. The summed E-state index contributed by atoms with van der Waals surface area (Å²) in [5, 5.41) is 5.58. The summed E-state index contributed by atoms with van der Waals surface area (Å²) in [4.78, 5) is 4.04. The van der Waals surface area contributed by atoms with Gasteiger partial charge in [0, 0.05) is 17.5 Å². The summed E-state index contributed by atoms with van der Waals surface area (Å²) in [6.45, 7) is 3.58. The molecule has 1 N–H and O–H groups in total. The Morgan fingerprint density at radius 2 is 2.27 bits per heavy atom. The first-order valence-corrected chi connectivity index (χ1v) is 6.67. The van der Waals surface area contributed by atoms with Crippen molar-refractivity contribution >= 4 is 11.3 Å². The summed E-state index contributed by atoms with van der Waals surface area (Å²) in [6, 6.07) is 5.18. The zero-order valence-electron chi connectivity index (χ0n) is 9.41. The molecule has 0 bridgehead atoms. The Balaban J connectivity index is 1.74. The molecule has 0 saturated carbocycles. The second-order valence-electron chi connectivity index (χ2n) is 4.29. The third-order valence-electron chi connectivity index (χ3n) is 3.22. The van der Waals surface area contributed by atoms with E-state index in [0.29, 0.717) is 0 Å². The molecule has 1 aliphatic rings. The number of hydrogen-bond donors (Lipinski definition) is 1. The average Bonchev–Trinajstić information content (AvgIpc) is 2.80. The van der Waals surface area contributed by atoms with Crippen LogP contribution in [0.5, 0.6) is 0 Å². The molecule has 1 fully saturated rings. The highest BCUT2D eigenvalue weighted by atomic mass is 32.1. The number of nitrogens with zero attached hydrogens (tertiary/aromatic N) is 1. The average molecular weight is 224 g/mol. The number of piperidine rings is 1. The Kier molecular flexibility index (Phi) is 4.18. The molecule has 0 aromatic carbocycles. The maximum Gasteiger partial charge on any atom is 0.0116 e. The Morgan fingerprint density at radius 1 is 1.47 bits per heavy atom. The van der Waals surface area contributed by atoms with Crippen LogP contribution < -0.4 is 5.32 Å². The predicted molar refractivity (Wildman–Crippen MR) is 66.5 cm³/mol. The van der Waals surface area contributed by atoms with Gasteiger partial charge in [-0.05, 0) is 50.8 Å². The van der Waals surface area contributed by atoms with E-state index in [0.717, 1.165) is 6.04 Å². The Hall–Kier alpha value is -0.380. The van der Waals surface area contributed by atoms with E-state index >= 15 is 0 Å². The molecule has 0 aliphatic carbocycles. The minimum absolute atomic E-state index is 0.797. The third kappa shape index (κ3) is 3.30. The monoisotopic (exact) mass is 224 g/mol. The minimum atomic E-state index is 0.797. The van der Waals surface area contributed by atoms with Gasteiger partial charge in [0.1, 0.15) is 0 Å². The van der Waals surface area contributed by atoms with Gasteiger partial charge in [0.15, 0.2) is 0 Å². The number of nitrogens with one attached hydrogen (secondary N) is 1. The van der Waals surface area contributed by atoms with Crippen LogP contribution in [0.4, 0.5) is 0 Å². The summed E-state index contributed by atoms with van der Waals surface area (Å²) in [7, 11) is 2.27. The zero-order valence-corrected chi connectivity index (χ0v) is 10.2. The minimum Gasteiger partial charge on any atom is -0.317 e. The Bertz CT molecular complexity index is 265. The van der Waals surface area contributed by atoms with Crippen molar-refractivity contribution in [2.75, 3.05) is 26.7 Å². The van der Waals surface area contributed by atoms with Gasteiger partial charge in [-0.15, -0.1) is 11.3 Å². The van der Waals surface area contributed by atoms with Crippen molar-refractivity contribution in [3.05, 3.63) is 22.4 Å². The molecular weight excluding hydrogens is 204 g/mol. The fourth-order valence-corrected chi connectivity index (χ4v) is 2.87. The highest BCUT2D eigenvalue weighted by Crippen LogP contribution is 2.13. The quantitative estimate of drug-likeness (QED) is 0.841.